The van der Waals surface area contributed by atoms with Gasteiger partial charge in [-0.05, 0) is 21.7 Å². The van der Waals surface area contributed by atoms with Crippen molar-refractivity contribution in [3.05, 3.63) is 0 Å². The number of imide groups is 2. The average molecular weight is 632 g/mol. The first kappa shape index (κ1) is 38.6. The van der Waals surface area contributed by atoms with Gasteiger partial charge in [-0.3, -0.25) is 38.6 Å². The summed E-state index contributed by atoms with van der Waals surface area (Å²) in [5.41, 5.74) is -2.35. The highest BCUT2D eigenvalue weighted by atomic mass is 16.2. The maximum atomic E-state index is 13.7. The molecule has 2 aliphatic heterocycles. The van der Waals surface area contributed by atoms with Crippen LogP contribution < -0.4 is 0 Å². The summed E-state index contributed by atoms with van der Waals surface area (Å²) in [7, 11) is 0. The van der Waals surface area contributed by atoms with E-state index in [0.29, 0.717) is 0 Å². The molecular weight excluding hydrogens is 570 g/mol. The summed E-state index contributed by atoms with van der Waals surface area (Å²) in [4.78, 5) is 85.1. The lowest BCUT2D eigenvalue weighted by atomic mass is 9.65. The van der Waals surface area contributed by atoms with E-state index in [9.17, 15) is 28.8 Å². The third-order valence-corrected chi connectivity index (χ3v) is 9.47. The van der Waals surface area contributed by atoms with E-state index in [1.807, 2.05) is 83.1 Å². The molecule has 2 aliphatic rings. The van der Waals surface area contributed by atoms with Gasteiger partial charge in [0, 0.05) is 44.4 Å². The minimum atomic E-state index is -0.595. The smallest absolute Gasteiger partial charge is 0.233 e. The first-order chi connectivity index (χ1) is 20.0. The summed E-state index contributed by atoms with van der Waals surface area (Å²) in [6.45, 7) is 29.1. The first-order valence-electron chi connectivity index (χ1n) is 16.5. The Bertz CT molecular complexity index is 1050. The lowest BCUT2D eigenvalue weighted by Crippen LogP contribution is -2.46. The van der Waals surface area contributed by atoms with E-state index in [1.165, 1.54) is 14.7 Å². The molecule has 0 aromatic heterocycles. The number of nitrogens with zero attached hydrogens (tertiary/aromatic N) is 3. The Morgan fingerprint density at radius 2 is 0.778 bits per heavy atom. The molecule has 0 bridgehead atoms. The Balaban J connectivity index is 2.36. The fourth-order valence-electron chi connectivity index (χ4n) is 6.94. The minimum Gasteiger partial charge on any atom is -0.339 e. The molecule has 5 amide bonds. The topological polar surface area (TPSA) is 112 Å². The van der Waals surface area contributed by atoms with E-state index >= 15 is 0 Å². The Morgan fingerprint density at radius 3 is 1.00 bits per heavy atom. The molecule has 2 fully saturated rings. The number of carbonyl (C=O) groups is 6. The summed E-state index contributed by atoms with van der Waals surface area (Å²) in [6.07, 6.45) is 0.0166. The quantitative estimate of drug-likeness (QED) is 0.307. The maximum absolute atomic E-state index is 13.7. The third kappa shape index (κ3) is 8.62. The van der Waals surface area contributed by atoms with Gasteiger partial charge in [0.1, 0.15) is 5.78 Å². The van der Waals surface area contributed by atoms with E-state index in [1.54, 1.807) is 20.8 Å². The zero-order valence-corrected chi connectivity index (χ0v) is 30.8. The van der Waals surface area contributed by atoms with Crippen molar-refractivity contribution in [2.24, 2.45) is 50.7 Å². The molecule has 0 aliphatic carbocycles. The van der Waals surface area contributed by atoms with Gasteiger partial charge >= 0.3 is 0 Å². The molecule has 9 nitrogen and oxygen atoms in total. The van der Waals surface area contributed by atoms with Crippen molar-refractivity contribution in [3.63, 3.8) is 0 Å². The molecule has 0 saturated carbocycles. The van der Waals surface area contributed by atoms with Crippen LogP contribution in [-0.2, 0) is 28.8 Å². The molecule has 4 unspecified atom stereocenters. The van der Waals surface area contributed by atoms with E-state index in [4.69, 9.17) is 0 Å². The Hall–Kier alpha value is -2.58. The van der Waals surface area contributed by atoms with Crippen molar-refractivity contribution in [1.29, 1.82) is 0 Å². The number of likely N-dealkylation sites (tertiary alicyclic amines) is 2. The fourth-order valence-corrected chi connectivity index (χ4v) is 6.94. The van der Waals surface area contributed by atoms with Gasteiger partial charge in [-0.2, -0.15) is 0 Å². The van der Waals surface area contributed by atoms with Crippen molar-refractivity contribution in [2.75, 3.05) is 26.2 Å². The molecule has 4 atom stereocenters. The Labute approximate surface area is 272 Å². The van der Waals surface area contributed by atoms with Crippen molar-refractivity contribution in [2.45, 2.75) is 117 Å². The fraction of sp³-hybridized carbons (Fsp3) is 0.833. The van der Waals surface area contributed by atoms with Crippen LogP contribution >= 0.6 is 0 Å². The predicted octanol–water partition coefficient (Wildman–Crippen LogP) is 5.60. The zero-order chi connectivity index (χ0) is 35.2. The molecule has 0 aromatic carbocycles. The molecule has 45 heavy (non-hydrogen) atoms. The van der Waals surface area contributed by atoms with Gasteiger partial charge < -0.3 is 4.90 Å². The standard InChI is InChI=1S/C36H61N3O6/c1-32(2,3)22(40)16-17-23(41)37(18-20-38-28(42)24(33(4,5)6)25(29(38)43)34(7,8)9)19-21-39-30(44)26(35(10,11)12)27(31(39)45)36(13,14)15/h24-27H,16-21H2,1-15H3. The van der Waals surface area contributed by atoms with Gasteiger partial charge in [0.25, 0.3) is 0 Å². The molecule has 0 radical (unpaired) electrons. The molecule has 256 valence electrons. The Kier molecular flexibility index (Phi) is 11.1. The monoisotopic (exact) mass is 631 g/mol. The molecule has 9 heteroatoms. The minimum absolute atomic E-state index is 0.00685. The maximum Gasteiger partial charge on any atom is 0.233 e. The van der Waals surface area contributed by atoms with Crippen LogP contribution in [-0.4, -0.2) is 76.2 Å². The molecule has 0 aromatic rings. The van der Waals surface area contributed by atoms with Crippen LogP contribution in [0.25, 0.3) is 0 Å². The van der Waals surface area contributed by atoms with Crippen LogP contribution in [0.2, 0.25) is 0 Å². The van der Waals surface area contributed by atoms with Crippen molar-refractivity contribution >= 4 is 35.3 Å². The molecule has 2 heterocycles. The SMILES string of the molecule is CC(C)(C)C(=O)CCC(=O)N(CCN1C(=O)C(C(C)(C)C)C(C(C)(C)C)C1=O)CCN1C(=O)C(C(C)(C)C)C(C(C)(C)C)C1=O. The number of hydrogen-bond donors (Lipinski definition) is 0. The van der Waals surface area contributed by atoms with Crippen molar-refractivity contribution in [3.8, 4) is 0 Å². The summed E-state index contributed by atoms with van der Waals surface area (Å²) < 4.78 is 0. The van der Waals surface area contributed by atoms with E-state index in [-0.39, 0.29) is 74.3 Å². The number of rotatable bonds is 9. The van der Waals surface area contributed by atoms with Crippen LogP contribution in [0.5, 0.6) is 0 Å². The highest BCUT2D eigenvalue weighted by Gasteiger charge is 2.57. The van der Waals surface area contributed by atoms with Crippen LogP contribution in [0.15, 0.2) is 0 Å². The Morgan fingerprint density at radius 1 is 0.511 bits per heavy atom. The van der Waals surface area contributed by atoms with E-state index in [0.717, 1.165) is 0 Å². The first-order valence-corrected chi connectivity index (χ1v) is 16.5. The number of amides is 5. The summed E-state index contributed by atoms with van der Waals surface area (Å²) in [5, 5.41) is 0. The summed E-state index contributed by atoms with van der Waals surface area (Å²) in [5.74, 6) is -3.32. The second-order valence-electron chi connectivity index (χ2n) is 18.6. The highest BCUT2D eigenvalue weighted by molar-refractivity contribution is 6.06. The lowest BCUT2D eigenvalue weighted by molar-refractivity contribution is -0.143. The zero-order valence-electron chi connectivity index (χ0n) is 30.8. The number of Topliss-reactive ketones (excluding diaryl/α,β-unsaturated/α-hetero) is 1. The largest absolute Gasteiger partial charge is 0.339 e. The van der Waals surface area contributed by atoms with Crippen molar-refractivity contribution < 1.29 is 28.8 Å². The predicted molar refractivity (Wildman–Crippen MR) is 175 cm³/mol. The molecule has 0 N–H and O–H groups in total. The van der Waals surface area contributed by atoms with Gasteiger partial charge in [0.2, 0.25) is 29.5 Å². The van der Waals surface area contributed by atoms with E-state index in [2.05, 4.69) is 0 Å². The van der Waals surface area contributed by atoms with Crippen LogP contribution in [0, 0.1) is 50.7 Å². The normalized spacial score (nSPS) is 23.8. The second-order valence-corrected chi connectivity index (χ2v) is 18.6. The van der Waals surface area contributed by atoms with Gasteiger partial charge in [0.05, 0.1) is 23.7 Å². The number of ketones is 1. The number of hydrogen-bond acceptors (Lipinski definition) is 6. The van der Waals surface area contributed by atoms with Crippen LogP contribution in [0.3, 0.4) is 0 Å². The molecule has 0 spiro atoms. The van der Waals surface area contributed by atoms with Crippen molar-refractivity contribution in [1.82, 2.24) is 14.7 Å². The van der Waals surface area contributed by atoms with Crippen LogP contribution in [0.4, 0.5) is 0 Å². The molecular formula is C36H61N3O6. The summed E-state index contributed by atoms with van der Waals surface area (Å²) >= 11 is 0. The van der Waals surface area contributed by atoms with Gasteiger partial charge in [-0.15, -0.1) is 0 Å². The summed E-state index contributed by atoms with van der Waals surface area (Å²) in [6, 6.07) is 0. The van der Waals surface area contributed by atoms with Crippen LogP contribution in [0.1, 0.15) is 117 Å². The lowest BCUT2D eigenvalue weighted by Gasteiger charge is -2.35. The number of carbonyl (C=O) groups excluding carboxylic acids is 6. The van der Waals surface area contributed by atoms with Gasteiger partial charge in [-0.25, -0.2) is 0 Å². The second kappa shape index (κ2) is 12.9. The average Bonchev–Trinajstić information content (AvgIpc) is 3.25. The third-order valence-electron chi connectivity index (χ3n) is 9.47. The van der Waals surface area contributed by atoms with E-state index < -0.39 is 50.7 Å². The van der Waals surface area contributed by atoms with Gasteiger partial charge in [0.15, 0.2) is 0 Å². The van der Waals surface area contributed by atoms with Gasteiger partial charge in [-0.1, -0.05) is 104 Å². The molecule has 2 rings (SSSR count). The highest BCUT2D eigenvalue weighted by Crippen LogP contribution is 2.48. The molecule has 2 saturated heterocycles.